The zero-order chi connectivity index (χ0) is 38.0. The quantitative estimate of drug-likeness (QED) is 0.145. The van der Waals surface area contributed by atoms with Gasteiger partial charge in [0.05, 0.1) is 25.9 Å². The summed E-state index contributed by atoms with van der Waals surface area (Å²) >= 11 is 0. The van der Waals surface area contributed by atoms with Crippen LogP contribution in [0.5, 0.6) is 0 Å². The van der Waals surface area contributed by atoms with Crippen molar-refractivity contribution in [2.24, 2.45) is 23.7 Å². The summed E-state index contributed by atoms with van der Waals surface area (Å²) in [7, 11) is 1.60. The van der Waals surface area contributed by atoms with Gasteiger partial charge in [0.15, 0.2) is 0 Å². The third kappa shape index (κ3) is 11.2. The Balaban J connectivity index is 1.21. The normalized spacial score (nSPS) is 23.1. The Labute approximate surface area is 312 Å². The van der Waals surface area contributed by atoms with Gasteiger partial charge in [-0.15, -0.1) is 0 Å². The summed E-state index contributed by atoms with van der Waals surface area (Å²) in [5.74, 6) is -0.668. The van der Waals surface area contributed by atoms with Gasteiger partial charge in [0.1, 0.15) is 23.9 Å². The summed E-state index contributed by atoms with van der Waals surface area (Å²) in [5.41, 5.74) is 0.352. The first-order valence-corrected chi connectivity index (χ1v) is 19.4. The molecule has 13 heteroatoms. The van der Waals surface area contributed by atoms with Crippen LogP contribution in [0.3, 0.4) is 0 Å². The van der Waals surface area contributed by atoms with Gasteiger partial charge in [0.25, 0.3) is 0 Å². The van der Waals surface area contributed by atoms with Gasteiger partial charge in [0, 0.05) is 43.7 Å². The van der Waals surface area contributed by atoms with E-state index >= 15 is 0 Å². The van der Waals surface area contributed by atoms with Crippen molar-refractivity contribution in [3.05, 3.63) is 30.0 Å². The Morgan fingerprint density at radius 1 is 0.943 bits per heavy atom. The summed E-state index contributed by atoms with van der Waals surface area (Å²) in [6.07, 6.45) is 8.57. The minimum absolute atomic E-state index is 0.0196. The number of methoxy groups -OCH3 is 1. The monoisotopic (exact) mass is 743 g/mol. The third-order valence-corrected chi connectivity index (χ3v) is 10.9. The minimum atomic E-state index is -0.707. The molecule has 1 aliphatic heterocycles. The largest absolute Gasteiger partial charge is 0.460 e. The molecule has 1 aromatic carbocycles. The second kappa shape index (κ2) is 19.1. The maximum atomic E-state index is 14.2. The summed E-state index contributed by atoms with van der Waals surface area (Å²) in [6.45, 7) is 6.72. The number of nitrogens with zero attached hydrogens (tertiary/aromatic N) is 1. The van der Waals surface area contributed by atoms with Crippen LogP contribution in [0.25, 0.3) is 11.0 Å². The molecule has 0 unspecified atom stereocenters. The van der Waals surface area contributed by atoms with Crippen molar-refractivity contribution in [3.63, 3.8) is 0 Å². The molecule has 0 radical (unpaired) electrons. The molecule has 3 atom stereocenters. The fourth-order valence-electron chi connectivity index (χ4n) is 8.28. The summed E-state index contributed by atoms with van der Waals surface area (Å²) in [5, 5.41) is 6.43. The first kappa shape index (κ1) is 40.5. The molecule has 3 amide bonds. The van der Waals surface area contributed by atoms with E-state index in [1.165, 1.54) is 6.42 Å². The van der Waals surface area contributed by atoms with Gasteiger partial charge in [-0.1, -0.05) is 32.1 Å². The van der Waals surface area contributed by atoms with Gasteiger partial charge in [0.2, 0.25) is 17.6 Å². The number of hydrogen-bond acceptors (Lipinski definition) is 9. The molecule has 3 fully saturated rings. The van der Waals surface area contributed by atoms with Crippen LogP contribution < -0.4 is 10.6 Å². The molecule has 2 aromatic rings. The number of benzene rings is 1. The van der Waals surface area contributed by atoms with E-state index < -0.39 is 36.4 Å². The number of carbonyl (C=O) groups excluding carboxylic acids is 4. The second-order valence-corrected chi connectivity index (χ2v) is 15.8. The second-order valence-electron chi connectivity index (χ2n) is 15.8. The smallest absolute Gasteiger partial charge is 0.407 e. The Hall–Kier alpha value is -3.71. The third-order valence-electron chi connectivity index (χ3n) is 10.9. The molecule has 53 heavy (non-hydrogen) atoms. The van der Waals surface area contributed by atoms with Crippen molar-refractivity contribution in [2.45, 2.75) is 109 Å². The predicted molar refractivity (Wildman–Crippen MR) is 197 cm³/mol. The first-order chi connectivity index (χ1) is 25.5. The summed E-state index contributed by atoms with van der Waals surface area (Å²) < 4.78 is 40.8. The van der Waals surface area contributed by atoms with Crippen LogP contribution in [-0.4, -0.2) is 93.2 Å². The Bertz CT molecular complexity index is 1530. The van der Waals surface area contributed by atoms with Crippen LogP contribution in [0.1, 0.15) is 102 Å². The number of alkyl carbamates (subject to hydrolysis) is 1. The van der Waals surface area contributed by atoms with Gasteiger partial charge in [-0.3, -0.25) is 9.59 Å². The van der Waals surface area contributed by atoms with Gasteiger partial charge in [-0.05, 0) is 94.9 Å². The van der Waals surface area contributed by atoms with Crippen molar-refractivity contribution in [1.29, 1.82) is 0 Å². The molecule has 3 aliphatic rings. The van der Waals surface area contributed by atoms with Crippen molar-refractivity contribution >= 4 is 40.5 Å². The van der Waals surface area contributed by atoms with Crippen molar-refractivity contribution in [1.82, 2.24) is 10.2 Å². The molecule has 2 N–H and O–H groups in total. The highest BCUT2D eigenvalue weighted by molar-refractivity contribution is 6.00. The average molecular weight is 744 g/mol. The molecule has 5 rings (SSSR count). The molecule has 0 spiro atoms. The van der Waals surface area contributed by atoms with Gasteiger partial charge in [-0.2, -0.15) is 0 Å². The maximum Gasteiger partial charge on any atom is 0.407 e. The SMILES string of the molecule is COCCOCCCOC(=O)c1cc2cc(NC(=O)[C@@H]3[C@H](C4CCCCC4)CCN3C(=O)[C@H]3CC[C@H]([C@@H](CF)NC(=O)OC(C)(C)C)CC3)ccc2o1. The highest BCUT2D eigenvalue weighted by atomic mass is 19.1. The molecule has 12 nitrogen and oxygen atoms in total. The number of anilines is 1. The Kier molecular flexibility index (Phi) is 14.5. The van der Waals surface area contributed by atoms with Crippen LogP contribution in [0, 0.1) is 23.7 Å². The van der Waals surface area contributed by atoms with Crippen LogP contribution in [0.4, 0.5) is 14.9 Å². The minimum Gasteiger partial charge on any atom is -0.460 e. The van der Waals surface area contributed by atoms with Gasteiger partial charge in [-0.25, -0.2) is 14.0 Å². The van der Waals surface area contributed by atoms with Crippen LogP contribution in [0.15, 0.2) is 28.7 Å². The van der Waals surface area contributed by atoms with E-state index in [1.54, 1.807) is 57.0 Å². The average Bonchev–Trinajstić information content (AvgIpc) is 3.78. The molecular formula is C40H58FN3O9. The standard InChI is InChI=1S/C40H58FN3O9/c1-40(2,3)53-39(48)43-32(25-41)27-11-13-28(14-12-27)37(46)44-18-17-31(26-9-6-5-7-10-26)35(44)36(45)42-30-15-16-33-29(23-30)24-34(52-33)38(47)51-20-8-19-50-22-21-49-4/h15-16,23-24,26-28,31-32,35H,5-14,17-22,25H2,1-4H3,(H,42,45)(H,43,48)/t27-,28-,31-,32+,35-/m0/s1. The molecule has 2 heterocycles. The summed E-state index contributed by atoms with van der Waals surface area (Å²) in [6, 6.07) is 5.55. The molecular weight excluding hydrogens is 685 g/mol. The topological polar surface area (TPSA) is 146 Å². The van der Waals surface area contributed by atoms with Gasteiger partial charge >= 0.3 is 12.1 Å². The lowest BCUT2D eigenvalue weighted by atomic mass is 9.76. The van der Waals surface area contributed by atoms with E-state index in [0.717, 1.165) is 32.1 Å². The van der Waals surface area contributed by atoms with Crippen LogP contribution in [-0.2, 0) is 28.5 Å². The Morgan fingerprint density at radius 3 is 2.40 bits per heavy atom. The number of alkyl halides is 1. The number of likely N-dealkylation sites (tertiary alicyclic amines) is 1. The molecule has 1 saturated heterocycles. The fourth-order valence-corrected chi connectivity index (χ4v) is 8.28. The first-order valence-electron chi connectivity index (χ1n) is 19.4. The summed E-state index contributed by atoms with van der Waals surface area (Å²) in [4.78, 5) is 55.2. The number of esters is 1. The van der Waals surface area contributed by atoms with Crippen LogP contribution in [0.2, 0.25) is 0 Å². The number of rotatable bonds is 15. The number of furan rings is 1. The zero-order valence-corrected chi connectivity index (χ0v) is 31.8. The van der Waals surface area contributed by atoms with E-state index in [9.17, 15) is 23.6 Å². The highest BCUT2D eigenvalue weighted by Gasteiger charge is 2.47. The van der Waals surface area contributed by atoms with Crippen LogP contribution >= 0.6 is 0 Å². The zero-order valence-electron chi connectivity index (χ0n) is 31.8. The molecule has 1 aromatic heterocycles. The van der Waals surface area contributed by atoms with E-state index in [2.05, 4.69) is 10.6 Å². The number of fused-ring (bicyclic) bond motifs is 1. The number of ether oxygens (including phenoxy) is 4. The lowest BCUT2D eigenvalue weighted by Crippen LogP contribution is -2.50. The highest BCUT2D eigenvalue weighted by Crippen LogP contribution is 2.41. The van der Waals surface area contributed by atoms with E-state index in [-0.39, 0.29) is 41.9 Å². The van der Waals surface area contributed by atoms with Crippen molar-refractivity contribution in [3.8, 4) is 0 Å². The van der Waals surface area contributed by atoms with Crippen molar-refractivity contribution < 1.29 is 46.9 Å². The molecule has 2 saturated carbocycles. The van der Waals surface area contributed by atoms with Crippen molar-refractivity contribution in [2.75, 3.05) is 52.1 Å². The fraction of sp³-hybridized carbons (Fsp3) is 0.700. The molecule has 0 bridgehead atoms. The molecule has 2 aliphatic carbocycles. The van der Waals surface area contributed by atoms with E-state index in [4.69, 9.17) is 23.4 Å². The number of halogens is 1. The Morgan fingerprint density at radius 2 is 1.70 bits per heavy atom. The lowest BCUT2D eigenvalue weighted by Gasteiger charge is -2.37. The van der Waals surface area contributed by atoms with E-state index in [1.807, 2.05) is 0 Å². The number of carbonyl (C=O) groups is 4. The van der Waals surface area contributed by atoms with E-state index in [0.29, 0.717) is 81.0 Å². The van der Waals surface area contributed by atoms with Gasteiger partial charge < -0.3 is 38.9 Å². The lowest BCUT2D eigenvalue weighted by molar-refractivity contribution is -0.142. The number of nitrogens with one attached hydrogen (secondary N) is 2. The molecule has 294 valence electrons. The maximum absolute atomic E-state index is 14.2. The predicted octanol–water partition coefficient (Wildman–Crippen LogP) is 7.05. The number of hydrogen-bond donors (Lipinski definition) is 2. The number of amides is 3.